The number of hydrogen-bond acceptors (Lipinski definition) is 6. The summed E-state index contributed by atoms with van der Waals surface area (Å²) >= 11 is 0. The molecule has 4 aliphatic carbocycles. The average Bonchev–Trinajstić information content (AvgIpc) is 3.04. The van der Waals surface area contributed by atoms with Crippen molar-refractivity contribution in [3.63, 3.8) is 0 Å². The summed E-state index contributed by atoms with van der Waals surface area (Å²) in [4.78, 5) is 25.8. The van der Waals surface area contributed by atoms with Crippen LogP contribution in [0, 0.1) is 34.5 Å². The summed E-state index contributed by atoms with van der Waals surface area (Å²) in [5.41, 5.74) is -0.398. The van der Waals surface area contributed by atoms with Crippen molar-refractivity contribution >= 4 is 11.6 Å². The van der Waals surface area contributed by atoms with Crippen LogP contribution in [0.5, 0.6) is 0 Å². The Morgan fingerprint density at radius 2 is 2.00 bits per heavy atom. The van der Waals surface area contributed by atoms with Gasteiger partial charge in [0.15, 0.2) is 11.6 Å². The monoisotopic (exact) mass is 460 g/mol. The van der Waals surface area contributed by atoms with Gasteiger partial charge in [-0.15, -0.1) is 0 Å². The Morgan fingerprint density at radius 1 is 1.24 bits per heavy atom. The number of aliphatic hydroxyl groups is 1. The quantitative estimate of drug-likeness (QED) is 0.680. The standard InChI is InChI=1S/C27H40O6/c1-6-9-27(31-5)32-15-22(30)26(33-27)11-8-19-18-12-16(2)20-13-17(28)7-10-24(20,3)23(18)21(29)14-25(19,26)4/h13,16,18-19,21,23,29H,6-12,14-15H2,1-5H3/t16-,18-,19-,21-,23+,24-,25-,26-,27?/m0/s1. The molecule has 1 N–H and O–H groups in total. The van der Waals surface area contributed by atoms with Crippen molar-refractivity contribution in [1.29, 1.82) is 0 Å². The summed E-state index contributed by atoms with van der Waals surface area (Å²) < 4.78 is 18.2. The topological polar surface area (TPSA) is 82.1 Å². The molecule has 33 heavy (non-hydrogen) atoms. The van der Waals surface area contributed by atoms with Crippen LogP contribution in [0.4, 0.5) is 0 Å². The molecule has 0 radical (unpaired) electrons. The van der Waals surface area contributed by atoms with Gasteiger partial charge in [-0.2, -0.15) is 0 Å². The maximum atomic E-state index is 13.5. The lowest BCUT2D eigenvalue weighted by Crippen LogP contribution is -2.67. The minimum absolute atomic E-state index is 0.0105. The molecular formula is C27H40O6. The second kappa shape index (κ2) is 7.71. The zero-order valence-electron chi connectivity index (χ0n) is 20.8. The van der Waals surface area contributed by atoms with E-state index in [-0.39, 0.29) is 35.4 Å². The number of Topliss-reactive ketones (excluding diaryl/α,β-unsaturated/α-hetero) is 1. The Kier molecular flexibility index (Phi) is 5.53. The Morgan fingerprint density at radius 3 is 2.70 bits per heavy atom. The molecule has 4 fully saturated rings. The van der Waals surface area contributed by atoms with Gasteiger partial charge in [0.2, 0.25) is 0 Å². The van der Waals surface area contributed by atoms with Gasteiger partial charge < -0.3 is 19.3 Å². The van der Waals surface area contributed by atoms with Crippen LogP contribution in [0.25, 0.3) is 0 Å². The van der Waals surface area contributed by atoms with Gasteiger partial charge in [-0.25, -0.2) is 0 Å². The first-order chi connectivity index (χ1) is 15.6. The Bertz CT molecular complexity index is 882. The molecule has 1 unspecified atom stereocenters. The molecule has 1 saturated heterocycles. The third kappa shape index (κ3) is 3.06. The molecular weight excluding hydrogens is 420 g/mol. The second-order valence-corrected chi connectivity index (χ2v) is 11.9. The highest BCUT2D eigenvalue weighted by Crippen LogP contribution is 2.70. The van der Waals surface area contributed by atoms with Crippen LogP contribution >= 0.6 is 0 Å². The molecule has 184 valence electrons. The van der Waals surface area contributed by atoms with Crippen molar-refractivity contribution in [2.45, 2.75) is 96.7 Å². The van der Waals surface area contributed by atoms with E-state index in [2.05, 4.69) is 27.7 Å². The summed E-state index contributed by atoms with van der Waals surface area (Å²) in [6.45, 7) is 8.71. The molecule has 3 saturated carbocycles. The SMILES string of the molecule is CCCC1(OC)OCC(=O)[C@]2(CC[C@H]3[C@@H]4C[C@H](C)C5=CC(=O)CC[C@]5(C)[C@H]4[C@@H](O)C[C@@]32C)O1. The number of fused-ring (bicyclic) bond motifs is 6. The fourth-order valence-electron chi connectivity index (χ4n) is 9.01. The molecule has 6 heteroatoms. The minimum atomic E-state index is -1.20. The molecule has 0 amide bonds. The fraction of sp³-hybridized carbons (Fsp3) is 0.852. The van der Waals surface area contributed by atoms with Gasteiger partial charge in [-0.05, 0) is 73.7 Å². The zero-order valence-corrected chi connectivity index (χ0v) is 20.8. The van der Waals surface area contributed by atoms with E-state index in [0.29, 0.717) is 37.5 Å². The van der Waals surface area contributed by atoms with E-state index in [1.54, 1.807) is 7.11 Å². The molecule has 6 nitrogen and oxygen atoms in total. The lowest BCUT2D eigenvalue weighted by molar-refractivity contribution is -0.426. The number of methoxy groups -OCH3 is 1. The number of ether oxygens (including phenoxy) is 3. The number of ketones is 2. The average molecular weight is 461 g/mol. The van der Waals surface area contributed by atoms with Gasteiger partial charge in [-0.3, -0.25) is 9.59 Å². The molecule has 5 aliphatic rings. The Labute approximate surface area is 197 Å². The van der Waals surface area contributed by atoms with Crippen LogP contribution in [0.15, 0.2) is 11.6 Å². The largest absolute Gasteiger partial charge is 0.393 e. The summed E-state index contributed by atoms with van der Waals surface area (Å²) in [5, 5.41) is 11.7. The van der Waals surface area contributed by atoms with Crippen molar-refractivity contribution in [2.24, 2.45) is 34.5 Å². The van der Waals surface area contributed by atoms with Crippen LogP contribution in [0.1, 0.15) is 79.1 Å². The normalized spacial score (nSPS) is 51.7. The van der Waals surface area contributed by atoms with E-state index in [0.717, 1.165) is 25.7 Å². The highest BCUT2D eigenvalue weighted by Gasteiger charge is 2.72. The van der Waals surface area contributed by atoms with Crippen LogP contribution in [-0.4, -0.2) is 48.1 Å². The number of hydrogen-bond donors (Lipinski definition) is 1. The van der Waals surface area contributed by atoms with Gasteiger partial charge in [0.25, 0.3) is 5.97 Å². The summed E-state index contributed by atoms with van der Waals surface area (Å²) in [5.74, 6) is -0.00598. The predicted molar refractivity (Wildman–Crippen MR) is 122 cm³/mol. The number of rotatable bonds is 3. The number of allylic oxidation sites excluding steroid dienone is 1. The van der Waals surface area contributed by atoms with E-state index in [9.17, 15) is 14.7 Å². The van der Waals surface area contributed by atoms with Gasteiger partial charge in [0.1, 0.15) is 12.2 Å². The van der Waals surface area contributed by atoms with Crippen molar-refractivity contribution in [2.75, 3.05) is 13.7 Å². The first-order valence-corrected chi connectivity index (χ1v) is 12.9. The smallest absolute Gasteiger partial charge is 0.284 e. The lowest BCUT2D eigenvalue weighted by atomic mass is 9.44. The zero-order chi connectivity index (χ0) is 23.8. The predicted octanol–water partition coefficient (Wildman–Crippen LogP) is 4.19. The van der Waals surface area contributed by atoms with Crippen molar-refractivity contribution in [1.82, 2.24) is 0 Å². The number of carbonyl (C=O) groups excluding carboxylic acids is 2. The van der Waals surface area contributed by atoms with E-state index in [1.165, 1.54) is 5.57 Å². The van der Waals surface area contributed by atoms with Gasteiger partial charge in [-0.1, -0.05) is 33.3 Å². The summed E-state index contributed by atoms with van der Waals surface area (Å²) in [6.07, 6.45) is 7.11. The molecule has 0 aromatic heterocycles. The molecule has 5 rings (SSSR count). The third-order valence-electron chi connectivity index (χ3n) is 10.4. The van der Waals surface area contributed by atoms with Gasteiger partial charge >= 0.3 is 0 Å². The highest BCUT2D eigenvalue weighted by molar-refractivity contribution is 5.92. The second-order valence-electron chi connectivity index (χ2n) is 11.9. The maximum absolute atomic E-state index is 13.5. The molecule has 0 bridgehead atoms. The van der Waals surface area contributed by atoms with Crippen molar-refractivity contribution < 1.29 is 28.9 Å². The highest BCUT2D eigenvalue weighted by atomic mass is 16.9. The van der Waals surface area contributed by atoms with Crippen molar-refractivity contribution in [3.8, 4) is 0 Å². The van der Waals surface area contributed by atoms with Crippen LogP contribution in [0.2, 0.25) is 0 Å². The molecule has 1 spiro atoms. The number of carbonyl (C=O) groups is 2. The van der Waals surface area contributed by atoms with E-state index < -0.39 is 23.1 Å². The minimum Gasteiger partial charge on any atom is -0.393 e. The Balaban J connectivity index is 1.55. The molecule has 1 aliphatic heterocycles. The third-order valence-corrected chi connectivity index (χ3v) is 10.4. The van der Waals surface area contributed by atoms with E-state index >= 15 is 0 Å². The molecule has 1 heterocycles. The summed E-state index contributed by atoms with van der Waals surface area (Å²) in [7, 11) is 1.58. The van der Waals surface area contributed by atoms with Gasteiger partial charge in [0.05, 0.1) is 6.10 Å². The molecule has 0 aromatic rings. The lowest BCUT2D eigenvalue weighted by Gasteiger charge is -2.63. The number of aliphatic hydroxyl groups excluding tert-OH is 1. The van der Waals surface area contributed by atoms with Crippen LogP contribution < -0.4 is 0 Å². The molecule has 0 aromatic carbocycles. The van der Waals surface area contributed by atoms with Crippen LogP contribution in [0.3, 0.4) is 0 Å². The fourth-order valence-corrected chi connectivity index (χ4v) is 9.01. The first kappa shape index (κ1) is 23.7. The maximum Gasteiger partial charge on any atom is 0.284 e. The Hall–Kier alpha value is -1.08. The molecule has 9 atom stereocenters. The summed E-state index contributed by atoms with van der Waals surface area (Å²) in [6, 6.07) is 0. The van der Waals surface area contributed by atoms with E-state index in [1.807, 2.05) is 6.08 Å². The van der Waals surface area contributed by atoms with E-state index in [4.69, 9.17) is 14.2 Å². The van der Waals surface area contributed by atoms with Gasteiger partial charge in [0, 0.05) is 25.4 Å². The van der Waals surface area contributed by atoms with Crippen molar-refractivity contribution in [3.05, 3.63) is 11.6 Å². The van der Waals surface area contributed by atoms with Crippen LogP contribution in [-0.2, 0) is 23.8 Å². The first-order valence-electron chi connectivity index (χ1n) is 12.9.